The molecule has 0 bridgehead atoms. The summed E-state index contributed by atoms with van der Waals surface area (Å²) in [6.45, 7) is 6.47. The van der Waals surface area contributed by atoms with E-state index in [2.05, 4.69) is 83.0 Å². The molecule has 1 saturated heterocycles. The first-order valence-electron chi connectivity index (χ1n) is 11.5. The second kappa shape index (κ2) is 9.24. The summed E-state index contributed by atoms with van der Waals surface area (Å²) in [5, 5.41) is 4.99. The highest BCUT2D eigenvalue weighted by Crippen LogP contribution is 2.43. The number of halogens is 1. The van der Waals surface area contributed by atoms with E-state index in [0.29, 0.717) is 5.11 Å². The lowest BCUT2D eigenvalue weighted by Gasteiger charge is -2.28. The van der Waals surface area contributed by atoms with Gasteiger partial charge in [-0.3, -0.25) is 4.98 Å². The second-order valence-electron chi connectivity index (χ2n) is 8.66. The molecule has 3 heterocycles. The average Bonchev–Trinajstić information content (AvgIpc) is 3.34. The van der Waals surface area contributed by atoms with Crippen LogP contribution >= 0.6 is 23.8 Å². The molecule has 0 aliphatic carbocycles. The van der Waals surface area contributed by atoms with Gasteiger partial charge < -0.3 is 14.8 Å². The largest absolute Gasteiger partial charge is 0.351 e. The molecule has 34 heavy (non-hydrogen) atoms. The first-order valence-corrected chi connectivity index (χ1v) is 12.3. The molecular formula is C28H27ClN4S. The number of thiocarbonyl (C=S) groups is 1. The average molecular weight is 487 g/mol. The molecular weight excluding hydrogens is 460 g/mol. The number of nitrogens with zero attached hydrogens (tertiary/aromatic N) is 3. The van der Waals surface area contributed by atoms with Gasteiger partial charge in [0.1, 0.15) is 0 Å². The van der Waals surface area contributed by atoms with E-state index in [-0.39, 0.29) is 12.1 Å². The summed E-state index contributed by atoms with van der Waals surface area (Å²) in [6.07, 6.45) is 2.84. The fourth-order valence-electron chi connectivity index (χ4n) is 4.94. The van der Waals surface area contributed by atoms with Crippen molar-refractivity contribution >= 4 is 34.6 Å². The lowest BCUT2D eigenvalue weighted by Crippen LogP contribution is -2.29. The number of rotatable bonds is 5. The number of nitrogens with one attached hydrogen (secondary N) is 1. The van der Waals surface area contributed by atoms with E-state index in [0.717, 1.165) is 39.9 Å². The van der Waals surface area contributed by atoms with Crippen LogP contribution in [0.5, 0.6) is 0 Å². The van der Waals surface area contributed by atoms with E-state index in [9.17, 15) is 0 Å². The fraction of sp³-hybridized carbons (Fsp3) is 0.214. The van der Waals surface area contributed by atoms with Crippen LogP contribution in [0.1, 0.15) is 47.2 Å². The molecule has 172 valence electrons. The topological polar surface area (TPSA) is 33.1 Å². The van der Waals surface area contributed by atoms with Crippen molar-refractivity contribution in [2.75, 3.05) is 4.90 Å². The van der Waals surface area contributed by atoms with E-state index >= 15 is 0 Å². The van der Waals surface area contributed by atoms with Gasteiger partial charge in [-0.05, 0) is 92.1 Å². The standard InChI is InChI=1S/C28H27ClN4S/c1-4-20-11-13-22(14-12-20)33-27(26(31-28(33)34)25-10-5-6-15-30-25)24-16-18(2)32(19(24)3)23-9-7-8-21(29)17-23/h5-17,26-27H,4H2,1-3H3,(H,31,34)/t26-,27+/m0/s1. The monoisotopic (exact) mass is 486 g/mol. The zero-order chi connectivity index (χ0) is 23.8. The van der Waals surface area contributed by atoms with Crippen molar-refractivity contribution in [3.8, 4) is 5.69 Å². The van der Waals surface area contributed by atoms with Crippen LogP contribution in [0.15, 0.2) is 79.0 Å². The molecule has 0 radical (unpaired) electrons. The minimum atomic E-state index is -0.0761. The smallest absolute Gasteiger partial charge is 0.174 e. The Bertz CT molecular complexity index is 1330. The highest BCUT2D eigenvalue weighted by atomic mass is 35.5. The Morgan fingerprint density at radius 2 is 1.76 bits per heavy atom. The summed E-state index contributed by atoms with van der Waals surface area (Å²) >= 11 is 12.2. The minimum absolute atomic E-state index is 0.0472. The molecule has 1 aliphatic rings. The Balaban J connectivity index is 1.67. The van der Waals surface area contributed by atoms with Gasteiger partial charge in [0.05, 0.1) is 17.8 Å². The lowest BCUT2D eigenvalue weighted by atomic mass is 9.96. The van der Waals surface area contributed by atoms with E-state index in [1.807, 2.05) is 36.5 Å². The third-order valence-electron chi connectivity index (χ3n) is 6.58. The molecule has 0 amide bonds. The van der Waals surface area contributed by atoms with Gasteiger partial charge in [-0.15, -0.1) is 0 Å². The molecule has 0 saturated carbocycles. The first-order chi connectivity index (χ1) is 16.5. The predicted molar refractivity (Wildman–Crippen MR) is 144 cm³/mol. The number of pyridine rings is 1. The summed E-state index contributed by atoms with van der Waals surface area (Å²) in [5.74, 6) is 0. The van der Waals surface area contributed by atoms with Crippen LogP contribution in [0.25, 0.3) is 5.69 Å². The Labute approximate surface area is 211 Å². The van der Waals surface area contributed by atoms with Crippen molar-refractivity contribution in [2.45, 2.75) is 39.3 Å². The highest BCUT2D eigenvalue weighted by Gasteiger charge is 2.42. The number of aromatic nitrogens is 2. The van der Waals surface area contributed by atoms with Gasteiger partial charge in [-0.25, -0.2) is 0 Å². The fourth-order valence-corrected chi connectivity index (χ4v) is 5.47. The Hall–Kier alpha value is -3.15. The molecule has 6 heteroatoms. The van der Waals surface area contributed by atoms with Gasteiger partial charge in [-0.2, -0.15) is 0 Å². The maximum Gasteiger partial charge on any atom is 0.174 e. The lowest BCUT2D eigenvalue weighted by molar-refractivity contribution is 0.565. The second-order valence-corrected chi connectivity index (χ2v) is 9.48. The van der Waals surface area contributed by atoms with Crippen LogP contribution in [-0.2, 0) is 6.42 Å². The van der Waals surface area contributed by atoms with Gasteiger partial charge in [0.25, 0.3) is 0 Å². The van der Waals surface area contributed by atoms with Gasteiger partial charge in [0, 0.05) is 34.0 Å². The molecule has 4 nitrogen and oxygen atoms in total. The van der Waals surface area contributed by atoms with E-state index in [4.69, 9.17) is 23.8 Å². The molecule has 2 aromatic heterocycles. The zero-order valence-corrected chi connectivity index (χ0v) is 21.1. The van der Waals surface area contributed by atoms with Crippen molar-refractivity contribution in [2.24, 2.45) is 0 Å². The van der Waals surface area contributed by atoms with Gasteiger partial charge in [-0.1, -0.05) is 42.8 Å². The number of hydrogen-bond donors (Lipinski definition) is 1. The van der Waals surface area contributed by atoms with Crippen molar-refractivity contribution in [3.63, 3.8) is 0 Å². The van der Waals surface area contributed by atoms with Crippen LogP contribution in [0.4, 0.5) is 5.69 Å². The number of hydrogen-bond acceptors (Lipinski definition) is 2. The van der Waals surface area contributed by atoms with Gasteiger partial charge in [0.15, 0.2) is 5.11 Å². The highest BCUT2D eigenvalue weighted by molar-refractivity contribution is 7.80. The third kappa shape index (κ3) is 3.99. The maximum absolute atomic E-state index is 6.33. The minimum Gasteiger partial charge on any atom is -0.351 e. The summed E-state index contributed by atoms with van der Waals surface area (Å²) in [4.78, 5) is 6.92. The summed E-state index contributed by atoms with van der Waals surface area (Å²) in [6, 6.07) is 24.8. The molecule has 1 aliphatic heterocycles. The van der Waals surface area contributed by atoms with Crippen LogP contribution in [0.2, 0.25) is 5.02 Å². The molecule has 2 aromatic carbocycles. The number of aryl methyl sites for hydroxylation is 2. The van der Waals surface area contributed by atoms with Gasteiger partial charge in [0.2, 0.25) is 0 Å². The summed E-state index contributed by atoms with van der Waals surface area (Å²) < 4.78 is 2.26. The zero-order valence-electron chi connectivity index (χ0n) is 19.5. The molecule has 1 N–H and O–H groups in total. The summed E-state index contributed by atoms with van der Waals surface area (Å²) in [7, 11) is 0. The predicted octanol–water partition coefficient (Wildman–Crippen LogP) is 6.88. The van der Waals surface area contributed by atoms with Crippen molar-refractivity contribution < 1.29 is 0 Å². The number of anilines is 1. The third-order valence-corrected chi connectivity index (χ3v) is 7.13. The summed E-state index contributed by atoms with van der Waals surface area (Å²) in [5.41, 5.74) is 7.91. The van der Waals surface area contributed by atoms with Gasteiger partial charge >= 0.3 is 0 Å². The van der Waals surface area contributed by atoms with Crippen LogP contribution < -0.4 is 10.2 Å². The van der Waals surface area contributed by atoms with E-state index < -0.39 is 0 Å². The van der Waals surface area contributed by atoms with E-state index in [1.165, 1.54) is 11.1 Å². The van der Waals surface area contributed by atoms with Crippen LogP contribution in [0, 0.1) is 13.8 Å². The molecule has 0 spiro atoms. The van der Waals surface area contributed by atoms with Crippen LogP contribution in [-0.4, -0.2) is 14.7 Å². The maximum atomic E-state index is 6.33. The molecule has 5 rings (SSSR count). The number of benzene rings is 2. The first kappa shape index (κ1) is 22.6. The Morgan fingerprint density at radius 1 is 0.971 bits per heavy atom. The molecule has 1 fully saturated rings. The molecule has 0 unspecified atom stereocenters. The Morgan fingerprint density at radius 3 is 2.44 bits per heavy atom. The van der Waals surface area contributed by atoms with E-state index in [1.54, 1.807) is 0 Å². The SMILES string of the molecule is CCc1ccc(N2C(=S)N[C@@H](c3ccccn3)[C@H]2c2cc(C)n(-c3cccc(Cl)c3)c2C)cc1. The van der Waals surface area contributed by atoms with Crippen LogP contribution in [0.3, 0.4) is 0 Å². The normalized spacial score (nSPS) is 17.8. The van der Waals surface area contributed by atoms with Crippen molar-refractivity contribution in [3.05, 3.63) is 112 Å². The quantitative estimate of drug-likeness (QED) is 0.311. The van der Waals surface area contributed by atoms with Crippen molar-refractivity contribution in [1.82, 2.24) is 14.9 Å². The van der Waals surface area contributed by atoms with Crippen molar-refractivity contribution in [1.29, 1.82) is 0 Å². The molecule has 4 aromatic rings. The Kier molecular flexibility index (Phi) is 6.15. The molecule has 2 atom stereocenters.